The van der Waals surface area contributed by atoms with E-state index in [0.29, 0.717) is 28.5 Å². The molecule has 0 fully saturated rings. The molecule has 3 atom stereocenters. The highest BCUT2D eigenvalue weighted by Crippen LogP contribution is 2.47. The predicted molar refractivity (Wildman–Crippen MR) is 123 cm³/mol. The molecular weight excluding hydrogens is 481 g/mol. The molecule has 0 unspecified atom stereocenters. The normalized spacial score (nSPS) is 21.8. The lowest BCUT2D eigenvalue weighted by molar-refractivity contribution is -0.237. The fraction of sp³-hybridized carbons (Fsp3) is 0.435. The topological polar surface area (TPSA) is 121 Å². The van der Waals surface area contributed by atoms with Crippen molar-refractivity contribution in [2.24, 2.45) is 7.05 Å². The van der Waals surface area contributed by atoms with Gasteiger partial charge in [-0.2, -0.15) is 18.0 Å². The molecule has 0 aliphatic carbocycles. The van der Waals surface area contributed by atoms with Crippen LogP contribution < -0.4 is 15.4 Å². The van der Waals surface area contributed by atoms with E-state index >= 15 is 0 Å². The molecule has 2 aromatic carbocycles. The summed E-state index contributed by atoms with van der Waals surface area (Å²) >= 11 is 0. The number of ether oxygens (including phenoxy) is 3. The number of hydrogen-bond acceptors (Lipinski definition) is 9. The second-order valence-electron chi connectivity index (χ2n) is 8.64. The number of nitrogens with zero attached hydrogens (tertiary/aromatic N) is 5. The van der Waals surface area contributed by atoms with Crippen LogP contribution in [0.1, 0.15) is 29.9 Å². The van der Waals surface area contributed by atoms with Gasteiger partial charge < -0.3 is 30.0 Å². The van der Waals surface area contributed by atoms with Crippen molar-refractivity contribution in [1.82, 2.24) is 20.2 Å². The molecule has 36 heavy (non-hydrogen) atoms. The van der Waals surface area contributed by atoms with Gasteiger partial charge in [-0.3, -0.25) is 0 Å². The van der Waals surface area contributed by atoms with Crippen LogP contribution in [0.3, 0.4) is 0 Å². The molecule has 0 amide bonds. The molecule has 3 aromatic rings. The van der Waals surface area contributed by atoms with Gasteiger partial charge in [-0.25, -0.2) is 0 Å². The number of aliphatic hydroxyl groups excluding tert-OH is 1. The molecule has 2 heterocycles. The Morgan fingerprint density at radius 2 is 1.86 bits per heavy atom. The van der Waals surface area contributed by atoms with Gasteiger partial charge in [0.2, 0.25) is 0 Å². The standard InChI is InChI=1S/C23H27F3N6O4/c1-22(21(34-3)35-4)20(33)19(16-11-14(27)7-10-17(16)36-22)32(12-18-28-30-31(2)29-18)15-8-5-13(6-9-15)23(24,25)26/h5-11,19-21,33H,12,27H2,1-4H3/t19-,20+,22+/m0/s1. The number of nitrogens with two attached hydrogens (primary N) is 1. The predicted octanol–water partition coefficient (Wildman–Crippen LogP) is 2.69. The molecule has 13 heteroatoms. The van der Waals surface area contributed by atoms with E-state index in [-0.39, 0.29) is 6.54 Å². The minimum absolute atomic E-state index is 0.00980. The van der Waals surface area contributed by atoms with Crippen molar-refractivity contribution in [1.29, 1.82) is 0 Å². The number of rotatable bonds is 7. The van der Waals surface area contributed by atoms with E-state index in [4.69, 9.17) is 19.9 Å². The zero-order chi connectivity index (χ0) is 26.3. The largest absolute Gasteiger partial charge is 0.479 e. The summed E-state index contributed by atoms with van der Waals surface area (Å²) in [7, 11) is 4.43. The lowest BCUT2D eigenvalue weighted by atomic mass is 9.83. The Balaban J connectivity index is 1.88. The summed E-state index contributed by atoms with van der Waals surface area (Å²) in [5.41, 5.74) is 5.17. The van der Waals surface area contributed by atoms with E-state index in [1.807, 2.05) is 0 Å². The van der Waals surface area contributed by atoms with Gasteiger partial charge >= 0.3 is 6.18 Å². The van der Waals surface area contributed by atoms with Gasteiger partial charge in [-0.15, -0.1) is 10.2 Å². The molecular formula is C23H27F3N6O4. The summed E-state index contributed by atoms with van der Waals surface area (Å²) in [5, 5.41) is 23.8. The monoisotopic (exact) mass is 508 g/mol. The molecule has 194 valence electrons. The van der Waals surface area contributed by atoms with Crippen LogP contribution in [0, 0.1) is 0 Å². The summed E-state index contributed by atoms with van der Waals surface area (Å²) in [6.07, 6.45) is -6.78. The first-order chi connectivity index (χ1) is 17.0. The minimum Gasteiger partial charge on any atom is -0.479 e. The molecule has 1 aliphatic heterocycles. The van der Waals surface area contributed by atoms with Crippen molar-refractivity contribution < 1.29 is 32.5 Å². The van der Waals surface area contributed by atoms with Crippen LogP contribution in [0.25, 0.3) is 0 Å². The number of methoxy groups -OCH3 is 2. The van der Waals surface area contributed by atoms with Crippen molar-refractivity contribution in [2.75, 3.05) is 24.9 Å². The molecule has 0 saturated carbocycles. The highest BCUT2D eigenvalue weighted by Gasteiger charge is 2.54. The third-order valence-electron chi connectivity index (χ3n) is 6.19. The number of aliphatic hydroxyl groups is 1. The van der Waals surface area contributed by atoms with Crippen LogP contribution in [0.4, 0.5) is 24.5 Å². The molecule has 0 saturated heterocycles. The molecule has 10 nitrogen and oxygen atoms in total. The summed E-state index contributed by atoms with van der Waals surface area (Å²) in [5.74, 6) is 0.698. The maximum absolute atomic E-state index is 13.3. The molecule has 4 rings (SSSR count). The molecule has 0 radical (unpaired) electrons. The zero-order valence-electron chi connectivity index (χ0n) is 20.1. The Morgan fingerprint density at radius 1 is 1.19 bits per heavy atom. The number of aryl methyl sites for hydroxylation is 1. The number of alkyl halides is 3. The van der Waals surface area contributed by atoms with Crippen LogP contribution in [0.5, 0.6) is 5.75 Å². The number of fused-ring (bicyclic) bond motifs is 1. The maximum Gasteiger partial charge on any atom is 0.416 e. The Morgan fingerprint density at radius 3 is 2.42 bits per heavy atom. The number of halogens is 3. The number of anilines is 2. The van der Waals surface area contributed by atoms with Gasteiger partial charge in [0.15, 0.2) is 17.7 Å². The van der Waals surface area contributed by atoms with Gasteiger partial charge in [0, 0.05) is 31.2 Å². The molecule has 1 aliphatic rings. The Bertz CT molecular complexity index is 1200. The molecule has 3 N–H and O–H groups in total. The van der Waals surface area contributed by atoms with E-state index in [0.717, 1.165) is 12.1 Å². The van der Waals surface area contributed by atoms with E-state index in [2.05, 4.69) is 15.4 Å². The number of nitrogen functional groups attached to an aromatic ring is 1. The van der Waals surface area contributed by atoms with Gasteiger partial charge in [0.25, 0.3) is 0 Å². The first-order valence-electron chi connectivity index (χ1n) is 11.0. The third kappa shape index (κ3) is 4.68. The van der Waals surface area contributed by atoms with Gasteiger partial charge in [-0.05, 0) is 54.6 Å². The van der Waals surface area contributed by atoms with Crippen molar-refractivity contribution >= 4 is 11.4 Å². The van der Waals surface area contributed by atoms with Gasteiger partial charge in [-0.1, -0.05) is 0 Å². The first-order valence-corrected chi connectivity index (χ1v) is 11.0. The van der Waals surface area contributed by atoms with Crippen LogP contribution in [-0.4, -0.2) is 57.5 Å². The van der Waals surface area contributed by atoms with Gasteiger partial charge in [0.1, 0.15) is 11.9 Å². The van der Waals surface area contributed by atoms with E-state index in [9.17, 15) is 18.3 Å². The smallest absolute Gasteiger partial charge is 0.416 e. The zero-order valence-corrected chi connectivity index (χ0v) is 20.1. The van der Waals surface area contributed by atoms with E-state index in [1.54, 1.807) is 37.1 Å². The van der Waals surface area contributed by atoms with Crippen molar-refractivity contribution in [3.63, 3.8) is 0 Å². The van der Waals surface area contributed by atoms with E-state index < -0.39 is 35.8 Å². The van der Waals surface area contributed by atoms with Crippen LogP contribution in [0.15, 0.2) is 42.5 Å². The Kier molecular flexibility index (Phi) is 6.82. The van der Waals surface area contributed by atoms with Crippen LogP contribution >= 0.6 is 0 Å². The first kappa shape index (κ1) is 25.7. The minimum atomic E-state index is -4.50. The summed E-state index contributed by atoms with van der Waals surface area (Å²) in [6.45, 7) is 1.64. The summed E-state index contributed by atoms with van der Waals surface area (Å²) < 4.78 is 56.8. The van der Waals surface area contributed by atoms with E-state index in [1.165, 1.54) is 31.1 Å². The average molecular weight is 509 g/mol. The fourth-order valence-corrected chi connectivity index (χ4v) is 4.49. The Labute approximate surface area is 205 Å². The number of benzene rings is 2. The quantitative estimate of drug-likeness (QED) is 0.367. The lowest BCUT2D eigenvalue weighted by Crippen LogP contribution is -2.62. The van der Waals surface area contributed by atoms with Crippen molar-refractivity contribution in [2.45, 2.75) is 43.7 Å². The summed E-state index contributed by atoms with van der Waals surface area (Å²) in [4.78, 5) is 2.95. The third-order valence-corrected chi connectivity index (χ3v) is 6.19. The second-order valence-corrected chi connectivity index (χ2v) is 8.64. The Hall–Kier alpha value is -3.42. The number of tetrazole rings is 1. The lowest BCUT2D eigenvalue weighted by Gasteiger charge is -2.49. The fourth-order valence-electron chi connectivity index (χ4n) is 4.49. The average Bonchev–Trinajstić information content (AvgIpc) is 3.24. The number of hydrogen-bond donors (Lipinski definition) is 2. The van der Waals surface area contributed by atoms with Crippen LogP contribution in [-0.2, 0) is 29.2 Å². The van der Waals surface area contributed by atoms with Crippen molar-refractivity contribution in [3.05, 3.63) is 59.4 Å². The molecule has 0 bridgehead atoms. The molecule has 0 spiro atoms. The highest BCUT2D eigenvalue weighted by molar-refractivity contribution is 5.57. The summed E-state index contributed by atoms with van der Waals surface area (Å²) in [6, 6.07) is 8.71. The highest BCUT2D eigenvalue weighted by atomic mass is 19.4. The van der Waals surface area contributed by atoms with Crippen molar-refractivity contribution in [3.8, 4) is 5.75 Å². The second kappa shape index (κ2) is 9.56. The molecule has 1 aromatic heterocycles. The van der Waals surface area contributed by atoms with Gasteiger partial charge in [0.05, 0.1) is 25.2 Å². The SMILES string of the molecule is COC(OC)[C@]1(C)Oc2ccc(N)cc2[C@H](N(Cc2nnn(C)n2)c2ccc(C(F)(F)F)cc2)[C@H]1O. The number of aromatic nitrogens is 4. The van der Waals surface area contributed by atoms with Crippen LogP contribution in [0.2, 0.25) is 0 Å². The maximum atomic E-state index is 13.3.